The van der Waals surface area contributed by atoms with E-state index in [0.717, 1.165) is 21.3 Å². The van der Waals surface area contributed by atoms with E-state index in [1.54, 1.807) is 7.11 Å². The molecule has 0 N–H and O–H groups in total. The number of halogens is 3. The minimum absolute atomic E-state index is 0.126. The zero-order valence-corrected chi connectivity index (χ0v) is 11.3. The average molecular weight is 298 g/mol. The van der Waals surface area contributed by atoms with Gasteiger partial charge in [-0.15, -0.1) is 11.6 Å². The van der Waals surface area contributed by atoms with Crippen molar-refractivity contribution < 1.29 is 4.74 Å². The maximum atomic E-state index is 6.05. The van der Waals surface area contributed by atoms with Gasteiger partial charge in [0.2, 0.25) is 0 Å². The Labute approximate surface area is 102 Å². The third kappa shape index (κ3) is 2.18. The minimum Gasteiger partial charge on any atom is -0.495 e. The second-order valence-electron chi connectivity index (χ2n) is 3.04. The van der Waals surface area contributed by atoms with E-state index >= 15 is 0 Å². The highest BCUT2D eigenvalue weighted by Gasteiger charge is 2.16. The zero-order chi connectivity index (χ0) is 10.9. The van der Waals surface area contributed by atoms with Crippen LogP contribution in [0.3, 0.4) is 0 Å². The van der Waals surface area contributed by atoms with Gasteiger partial charge < -0.3 is 4.74 Å². The van der Waals surface area contributed by atoms with Gasteiger partial charge in [-0.3, -0.25) is 0 Å². The lowest BCUT2D eigenvalue weighted by Crippen LogP contribution is -1.96. The number of rotatable bonds is 2. The summed E-state index contributed by atoms with van der Waals surface area (Å²) in [6.07, 6.45) is 0. The molecule has 0 heterocycles. The van der Waals surface area contributed by atoms with Gasteiger partial charge in [0.05, 0.1) is 17.0 Å². The van der Waals surface area contributed by atoms with Crippen LogP contribution in [0.2, 0.25) is 5.02 Å². The molecule has 0 saturated carbocycles. The van der Waals surface area contributed by atoms with Gasteiger partial charge in [-0.2, -0.15) is 0 Å². The van der Waals surface area contributed by atoms with Gasteiger partial charge in [-0.25, -0.2) is 0 Å². The van der Waals surface area contributed by atoms with E-state index in [2.05, 4.69) is 15.9 Å². The molecule has 1 aromatic carbocycles. The molecule has 1 rings (SSSR count). The van der Waals surface area contributed by atoms with Crippen molar-refractivity contribution in [3.63, 3.8) is 0 Å². The third-order valence-corrected chi connectivity index (χ3v) is 3.65. The van der Waals surface area contributed by atoms with Crippen molar-refractivity contribution in [1.82, 2.24) is 0 Å². The second kappa shape index (κ2) is 4.73. The molecule has 0 fully saturated rings. The summed E-state index contributed by atoms with van der Waals surface area (Å²) < 4.78 is 6.15. The van der Waals surface area contributed by atoms with E-state index in [0.29, 0.717) is 5.02 Å². The number of alkyl halides is 1. The smallest absolute Gasteiger partial charge is 0.138 e. The first-order valence-electron chi connectivity index (χ1n) is 4.15. The largest absolute Gasteiger partial charge is 0.495 e. The second-order valence-corrected chi connectivity index (χ2v) is 4.89. The monoisotopic (exact) mass is 296 g/mol. The summed E-state index contributed by atoms with van der Waals surface area (Å²) in [5.41, 5.74) is 1.86. The first kappa shape index (κ1) is 12.2. The fourth-order valence-corrected chi connectivity index (χ4v) is 2.31. The first-order chi connectivity index (χ1) is 6.49. The molecule has 0 radical (unpaired) electrons. The van der Waals surface area contributed by atoms with Crippen LogP contribution in [0.4, 0.5) is 0 Å². The van der Waals surface area contributed by atoms with Crippen LogP contribution < -0.4 is 4.74 Å². The summed E-state index contributed by atoms with van der Waals surface area (Å²) in [7, 11) is 1.62. The van der Waals surface area contributed by atoms with Crippen molar-refractivity contribution in [1.29, 1.82) is 0 Å². The molecular formula is C10H11BrCl2O. The molecular weight excluding hydrogens is 287 g/mol. The Kier molecular flexibility index (Phi) is 4.11. The first-order valence-corrected chi connectivity index (χ1v) is 5.76. The van der Waals surface area contributed by atoms with Gasteiger partial charge in [0, 0.05) is 10.6 Å². The normalized spacial score (nSPS) is 12.7. The Balaban J connectivity index is 3.43. The van der Waals surface area contributed by atoms with Crippen LogP contribution >= 0.6 is 39.1 Å². The Bertz CT molecular complexity index is 350. The van der Waals surface area contributed by atoms with Crippen LogP contribution in [0.25, 0.3) is 0 Å². The molecule has 0 spiro atoms. The van der Waals surface area contributed by atoms with Crippen LogP contribution in [0.1, 0.15) is 23.4 Å². The number of ether oxygens (including phenoxy) is 1. The van der Waals surface area contributed by atoms with Gasteiger partial charge in [0.15, 0.2) is 0 Å². The molecule has 1 atom stereocenters. The number of hydrogen-bond acceptors (Lipinski definition) is 1. The van der Waals surface area contributed by atoms with Crippen molar-refractivity contribution in [3.05, 3.63) is 26.7 Å². The van der Waals surface area contributed by atoms with Gasteiger partial charge in [0.1, 0.15) is 5.75 Å². The zero-order valence-electron chi connectivity index (χ0n) is 8.20. The summed E-state index contributed by atoms with van der Waals surface area (Å²) in [6, 6.07) is 1.85. The van der Waals surface area contributed by atoms with Crippen molar-refractivity contribution >= 4 is 39.1 Å². The molecule has 0 amide bonds. The maximum absolute atomic E-state index is 6.05. The summed E-state index contributed by atoms with van der Waals surface area (Å²) in [5.74, 6) is 0.759. The van der Waals surface area contributed by atoms with Crippen molar-refractivity contribution in [2.45, 2.75) is 19.2 Å². The third-order valence-electron chi connectivity index (χ3n) is 2.06. The van der Waals surface area contributed by atoms with E-state index in [9.17, 15) is 0 Å². The fraction of sp³-hybridized carbons (Fsp3) is 0.400. The summed E-state index contributed by atoms with van der Waals surface area (Å²) in [5, 5.41) is 0.569. The molecule has 78 valence electrons. The van der Waals surface area contributed by atoms with Gasteiger partial charge in [0.25, 0.3) is 0 Å². The SMILES string of the molecule is COc1c([C@H](C)Cl)cc(Cl)c(C)c1Br. The van der Waals surface area contributed by atoms with Gasteiger partial charge in [-0.1, -0.05) is 11.6 Å². The van der Waals surface area contributed by atoms with Crippen molar-refractivity contribution in [2.75, 3.05) is 7.11 Å². The van der Waals surface area contributed by atoms with E-state index < -0.39 is 0 Å². The molecule has 1 aromatic rings. The molecule has 0 aromatic heterocycles. The molecule has 0 saturated heterocycles. The quantitative estimate of drug-likeness (QED) is 0.718. The standard InChI is InChI=1S/C10H11BrCl2O/c1-5-8(13)4-7(6(2)12)10(14-3)9(5)11/h4,6H,1-3H3/t6-/m0/s1. The highest BCUT2D eigenvalue weighted by molar-refractivity contribution is 9.10. The molecule has 0 aliphatic rings. The molecule has 14 heavy (non-hydrogen) atoms. The van der Waals surface area contributed by atoms with Crippen LogP contribution in [0.5, 0.6) is 5.75 Å². The lowest BCUT2D eigenvalue weighted by Gasteiger charge is -2.15. The van der Waals surface area contributed by atoms with Crippen LogP contribution in [0.15, 0.2) is 10.5 Å². The lowest BCUT2D eigenvalue weighted by atomic mass is 10.1. The van der Waals surface area contributed by atoms with Crippen molar-refractivity contribution in [3.8, 4) is 5.75 Å². The van der Waals surface area contributed by atoms with Gasteiger partial charge >= 0.3 is 0 Å². The van der Waals surface area contributed by atoms with E-state index in [4.69, 9.17) is 27.9 Å². The fourth-order valence-electron chi connectivity index (χ4n) is 1.22. The average Bonchev–Trinajstić information content (AvgIpc) is 2.13. The van der Waals surface area contributed by atoms with E-state index in [1.807, 2.05) is 19.9 Å². The Morgan fingerprint density at radius 2 is 2.07 bits per heavy atom. The van der Waals surface area contributed by atoms with Crippen molar-refractivity contribution in [2.24, 2.45) is 0 Å². The van der Waals surface area contributed by atoms with E-state index in [-0.39, 0.29) is 5.38 Å². The molecule has 0 unspecified atom stereocenters. The lowest BCUT2D eigenvalue weighted by molar-refractivity contribution is 0.406. The predicted molar refractivity (Wildman–Crippen MR) is 64.7 cm³/mol. The number of methoxy groups -OCH3 is 1. The maximum Gasteiger partial charge on any atom is 0.138 e. The number of hydrogen-bond donors (Lipinski definition) is 0. The van der Waals surface area contributed by atoms with E-state index in [1.165, 1.54) is 0 Å². The molecule has 0 aliphatic carbocycles. The Hall–Kier alpha value is 0.0800. The van der Waals surface area contributed by atoms with Crippen LogP contribution in [-0.4, -0.2) is 7.11 Å². The summed E-state index contributed by atoms with van der Waals surface area (Å²) >= 11 is 15.5. The summed E-state index contributed by atoms with van der Waals surface area (Å²) in [4.78, 5) is 0. The highest BCUT2D eigenvalue weighted by atomic mass is 79.9. The van der Waals surface area contributed by atoms with Crippen LogP contribution in [-0.2, 0) is 0 Å². The van der Waals surface area contributed by atoms with Gasteiger partial charge in [-0.05, 0) is 41.4 Å². The number of benzene rings is 1. The predicted octanol–water partition coefficient (Wildman–Crippen LogP) is 4.72. The van der Waals surface area contributed by atoms with Crippen LogP contribution in [0, 0.1) is 6.92 Å². The Morgan fingerprint density at radius 1 is 1.50 bits per heavy atom. The molecule has 4 heteroatoms. The Morgan fingerprint density at radius 3 is 2.50 bits per heavy atom. The topological polar surface area (TPSA) is 9.23 Å². The minimum atomic E-state index is -0.126. The molecule has 0 aliphatic heterocycles. The highest BCUT2D eigenvalue weighted by Crippen LogP contribution is 2.40. The molecule has 1 nitrogen and oxygen atoms in total. The summed E-state index contributed by atoms with van der Waals surface area (Å²) in [6.45, 7) is 3.81. The molecule has 0 bridgehead atoms.